The molecule has 0 unspecified atom stereocenters. The molecule has 0 fully saturated rings. The molecule has 0 saturated heterocycles. The van der Waals surface area contributed by atoms with E-state index in [-0.39, 0.29) is 5.75 Å². The first kappa shape index (κ1) is 18.4. The number of benzene rings is 3. The zero-order valence-electron chi connectivity index (χ0n) is 15.4. The van der Waals surface area contributed by atoms with E-state index in [9.17, 15) is 5.11 Å². The Bertz CT molecular complexity index is 917. The summed E-state index contributed by atoms with van der Waals surface area (Å²) in [5.74, 6) is 2.13. The van der Waals surface area contributed by atoms with Gasteiger partial charge in [0.15, 0.2) is 11.5 Å². The summed E-state index contributed by atoms with van der Waals surface area (Å²) in [5.41, 5.74) is 2.90. The van der Waals surface area contributed by atoms with Crippen LogP contribution >= 0.6 is 0 Å². The van der Waals surface area contributed by atoms with Crippen LogP contribution in [0.3, 0.4) is 0 Å². The van der Waals surface area contributed by atoms with Gasteiger partial charge in [0.2, 0.25) is 0 Å². The Morgan fingerprint density at radius 2 is 1.56 bits per heavy atom. The van der Waals surface area contributed by atoms with Crippen molar-refractivity contribution in [3.63, 3.8) is 0 Å². The number of phenols is 1. The molecule has 138 valence electrons. The van der Waals surface area contributed by atoms with Crippen molar-refractivity contribution in [2.24, 2.45) is 0 Å². The Kier molecular flexibility index (Phi) is 6.00. The molecule has 4 heteroatoms. The van der Waals surface area contributed by atoms with Gasteiger partial charge in [-0.15, -0.1) is 0 Å². The maximum absolute atomic E-state index is 9.74. The van der Waals surface area contributed by atoms with Gasteiger partial charge in [0.25, 0.3) is 0 Å². The highest BCUT2D eigenvalue weighted by Crippen LogP contribution is 2.30. The summed E-state index contributed by atoms with van der Waals surface area (Å²) in [6.45, 7) is 0.482. The third kappa shape index (κ3) is 5.05. The number of hydrogen-bond acceptors (Lipinski definition) is 4. The molecule has 0 aliphatic carbocycles. The minimum absolute atomic E-state index is 0.163. The van der Waals surface area contributed by atoms with Crippen LogP contribution in [0.1, 0.15) is 16.7 Å². The summed E-state index contributed by atoms with van der Waals surface area (Å²) in [6, 6.07) is 20.9. The van der Waals surface area contributed by atoms with E-state index in [1.807, 2.05) is 66.7 Å². The lowest BCUT2D eigenvalue weighted by molar-refractivity contribution is 0.284. The van der Waals surface area contributed by atoms with Crippen LogP contribution in [-0.4, -0.2) is 19.3 Å². The van der Waals surface area contributed by atoms with Crippen LogP contribution in [0, 0.1) is 0 Å². The van der Waals surface area contributed by atoms with Crippen molar-refractivity contribution in [3.05, 3.63) is 83.4 Å². The third-order valence-electron chi connectivity index (χ3n) is 4.04. The number of ether oxygens (including phenoxy) is 3. The molecule has 27 heavy (non-hydrogen) atoms. The lowest BCUT2D eigenvalue weighted by Crippen LogP contribution is -1.97. The van der Waals surface area contributed by atoms with Crippen LogP contribution in [0.25, 0.3) is 12.2 Å². The highest BCUT2D eigenvalue weighted by molar-refractivity contribution is 5.72. The number of rotatable bonds is 7. The second kappa shape index (κ2) is 8.81. The second-order valence-electron chi connectivity index (χ2n) is 5.98. The quantitative estimate of drug-likeness (QED) is 0.590. The third-order valence-corrected chi connectivity index (χ3v) is 4.04. The van der Waals surface area contributed by atoms with Crippen molar-refractivity contribution in [2.75, 3.05) is 14.2 Å². The molecule has 0 radical (unpaired) electrons. The first-order valence-corrected chi connectivity index (χ1v) is 8.59. The molecular formula is C23H22O4. The van der Waals surface area contributed by atoms with Crippen LogP contribution in [0.5, 0.6) is 23.0 Å². The fourth-order valence-corrected chi connectivity index (χ4v) is 2.65. The standard InChI is InChI=1S/C23H22O4/c1-25-21-13-19(12-20(24)15-21)9-8-17-10-11-22(23(14-17)26-2)27-16-18-6-4-3-5-7-18/h3-15,24H,16H2,1-2H3/b9-8+. The van der Waals surface area contributed by atoms with Crippen LogP contribution in [-0.2, 0) is 6.61 Å². The molecule has 0 bridgehead atoms. The van der Waals surface area contributed by atoms with Gasteiger partial charge in [0.1, 0.15) is 18.1 Å². The van der Waals surface area contributed by atoms with Gasteiger partial charge in [-0.1, -0.05) is 48.6 Å². The molecule has 4 nitrogen and oxygen atoms in total. The van der Waals surface area contributed by atoms with Crippen LogP contribution in [0.15, 0.2) is 66.7 Å². The van der Waals surface area contributed by atoms with Gasteiger partial charge in [-0.2, -0.15) is 0 Å². The van der Waals surface area contributed by atoms with Crippen LogP contribution in [0.2, 0.25) is 0 Å². The molecule has 3 aromatic rings. The number of phenolic OH excluding ortho intramolecular Hbond substituents is 1. The second-order valence-corrected chi connectivity index (χ2v) is 5.98. The molecule has 0 amide bonds. The molecule has 0 aliphatic heterocycles. The Balaban J connectivity index is 1.74. The van der Waals surface area contributed by atoms with Gasteiger partial charge in [-0.3, -0.25) is 0 Å². The van der Waals surface area contributed by atoms with Crippen LogP contribution in [0.4, 0.5) is 0 Å². The van der Waals surface area contributed by atoms with E-state index in [4.69, 9.17) is 14.2 Å². The molecule has 0 saturated carbocycles. The zero-order chi connectivity index (χ0) is 19.1. The van der Waals surface area contributed by atoms with E-state index in [0.717, 1.165) is 16.7 Å². The Labute approximate surface area is 159 Å². The number of hydrogen-bond donors (Lipinski definition) is 1. The SMILES string of the molecule is COc1cc(O)cc(/C=C/c2ccc(OCc3ccccc3)c(OC)c2)c1. The van der Waals surface area contributed by atoms with E-state index in [1.165, 1.54) is 0 Å². The topological polar surface area (TPSA) is 47.9 Å². The highest BCUT2D eigenvalue weighted by atomic mass is 16.5. The average Bonchev–Trinajstić information content (AvgIpc) is 2.71. The van der Waals surface area contributed by atoms with Gasteiger partial charge in [0.05, 0.1) is 14.2 Å². The monoisotopic (exact) mass is 362 g/mol. The van der Waals surface area contributed by atoms with Crippen molar-refractivity contribution in [1.82, 2.24) is 0 Å². The number of aromatic hydroxyl groups is 1. The summed E-state index contributed by atoms with van der Waals surface area (Å²) >= 11 is 0. The molecule has 0 aliphatic rings. The zero-order valence-corrected chi connectivity index (χ0v) is 15.4. The van der Waals surface area contributed by atoms with Gasteiger partial charge in [-0.25, -0.2) is 0 Å². The fraction of sp³-hybridized carbons (Fsp3) is 0.130. The van der Waals surface area contributed by atoms with E-state index < -0.39 is 0 Å². The fourth-order valence-electron chi connectivity index (χ4n) is 2.65. The van der Waals surface area contributed by atoms with Crippen molar-refractivity contribution in [2.45, 2.75) is 6.61 Å². The summed E-state index contributed by atoms with van der Waals surface area (Å²) in [5, 5.41) is 9.74. The summed E-state index contributed by atoms with van der Waals surface area (Å²) in [6.07, 6.45) is 3.85. The molecule has 0 aromatic heterocycles. The molecule has 3 aromatic carbocycles. The molecule has 0 heterocycles. The normalized spacial score (nSPS) is 10.7. The summed E-state index contributed by atoms with van der Waals surface area (Å²) in [4.78, 5) is 0. The lowest BCUT2D eigenvalue weighted by Gasteiger charge is -2.11. The van der Waals surface area contributed by atoms with Gasteiger partial charge in [0, 0.05) is 6.07 Å². The smallest absolute Gasteiger partial charge is 0.161 e. The minimum Gasteiger partial charge on any atom is -0.508 e. The van der Waals surface area contributed by atoms with E-state index >= 15 is 0 Å². The largest absolute Gasteiger partial charge is 0.508 e. The van der Waals surface area contributed by atoms with E-state index in [2.05, 4.69) is 0 Å². The molecule has 1 N–H and O–H groups in total. The van der Waals surface area contributed by atoms with Crippen molar-refractivity contribution in [1.29, 1.82) is 0 Å². The van der Waals surface area contributed by atoms with Crippen LogP contribution < -0.4 is 14.2 Å². The van der Waals surface area contributed by atoms with E-state index in [1.54, 1.807) is 26.4 Å². The van der Waals surface area contributed by atoms with Gasteiger partial charge < -0.3 is 19.3 Å². The maximum Gasteiger partial charge on any atom is 0.161 e. The van der Waals surface area contributed by atoms with Gasteiger partial charge >= 0.3 is 0 Å². The van der Waals surface area contributed by atoms with E-state index in [0.29, 0.717) is 23.9 Å². The summed E-state index contributed by atoms with van der Waals surface area (Å²) in [7, 11) is 3.19. The predicted octanol–water partition coefficient (Wildman–Crippen LogP) is 5.16. The molecule has 0 atom stereocenters. The molecular weight excluding hydrogens is 340 g/mol. The predicted molar refractivity (Wildman–Crippen MR) is 107 cm³/mol. The highest BCUT2D eigenvalue weighted by Gasteiger charge is 2.05. The summed E-state index contributed by atoms with van der Waals surface area (Å²) < 4.78 is 16.5. The first-order chi connectivity index (χ1) is 13.2. The van der Waals surface area contributed by atoms with Gasteiger partial charge in [-0.05, 0) is 41.0 Å². The minimum atomic E-state index is 0.163. The average molecular weight is 362 g/mol. The van der Waals surface area contributed by atoms with Crippen molar-refractivity contribution >= 4 is 12.2 Å². The number of methoxy groups -OCH3 is 2. The Morgan fingerprint density at radius 3 is 2.30 bits per heavy atom. The Morgan fingerprint density at radius 1 is 0.778 bits per heavy atom. The van der Waals surface area contributed by atoms with Crippen molar-refractivity contribution < 1.29 is 19.3 Å². The molecule has 0 spiro atoms. The Hall–Kier alpha value is -3.40. The molecule has 3 rings (SSSR count). The lowest BCUT2D eigenvalue weighted by atomic mass is 10.1. The maximum atomic E-state index is 9.74. The first-order valence-electron chi connectivity index (χ1n) is 8.59. The van der Waals surface area contributed by atoms with Crippen molar-refractivity contribution in [3.8, 4) is 23.0 Å².